The van der Waals surface area contributed by atoms with E-state index >= 15 is 0 Å². The number of rotatable bonds is 8. The maximum Gasteiger partial charge on any atom is 0.335 e. The van der Waals surface area contributed by atoms with Crippen LogP contribution in [0.3, 0.4) is 0 Å². The Labute approximate surface area is 134 Å². The van der Waals surface area contributed by atoms with E-state index < -0.39 is 5.97 Å². The molecule has 0 bridgehead atoms. The van der Waals surface area contributed by atoms with E-state index in [1.54, 1.807) is 6.07 Å². The standard InChI is InChI=1S/C20H30O2/c1-2-3-4-5-6-9-16-12-14-17(15-13-16)18-10-7-8-11-19(18)20(21)22/h7-8,10-11,16-17H,2-6,9,12-15H2,1H3,(H,21,22). The van der Waals surface area contributed by atoms with Gasteiger partial charge >= 0.3 is 5.97 Å². The van der Waals surface area contributed by atoms with Gasteiger partial charge in [0.05, 0.1) is 5.56 Å². The fourth-order valence-corrected chi connectivity index (χ4v) is 3.85. The molecule has 0 radical (unpaired) electrons. The van der Waals surface area contributed by atoms with Crippen molar-refractivity contribution in [2.45, 2.75) is 77.0 Å². The number of unbranched alkanes of at least 4 members (excludes halogenated alkanes) is 4. The molecule has 1 aromatic carbocycles. The van der Waals surface area contributed by atoms with Gasteiger partial charge in [0.15, 0.2) is 0 Å². The minimum Gasteiger partial charge on any atom is -0.478 e. The lowest BCUT2D eigenvalue weighted by molar-refractivity contribution is 0.0694. The van der Waals surface area contributed by atoms with Crippen LogP contribution < -0.4 is 0 Å². The monoisotopic (exact) mass is 302 g/mol. The summed E-state index contributed by atoms with van der Waals surface area (Å²) < 4.78 is 0. The lowest BCUT2D eigenvalue weighted by atomic mass is 9.76. The molecule has 1 aliphatic rings. The van der Waals surface area contributed by atoms with Gasteiger partial charge in [0, 0.05) is 0 Å². The molecule has 1 aromatic rings. The zero-order valence-corrected chi connectivity index (χ0v) is 13.9. The van der Waals surface area contributed by atoms with E-state index in [2.05, 4.69) is 6.92 Å². The number of hydrogen-bond donors (Lipinski definition) is 1. The highest BCUT2D eigenvalue weighted by Gasteiger charge is 2.24. The summed E-state index contributed by atoms with van der Waals surface area (Å²) in [6.45, 7) is 2.26. The molecule has 0 atom stereocenters. The highest BCUT2D eigenvalue weighted by atomic mass is 16.4. The van der Waals surface area contributed by atoms with Crippen LogP contribution in [-0.2, 0) is 0 Å². The average molecular weight is 302 g/mol. The van der Waals surface area contributed by atoms with Crippen molar-refractivity contribution in [3.8, 4) is 0 Å². The first-order valence-electron chi connectivity index (χ1n) is 9.04. The van der Waals surface area contributed by atoms with E-state index in [1.165, 1.54) is 51.4 Å². The summed E-state index contributed by atoms with van der Waals surface area (Å²) in [5.74, 6) is 0.534. The van der Waals surface area contributed by atoms with Gasteiger partial charge in [0.25, 0.3) is 0 Å². The minimum atomic E-state index is -0.784. The van der Waals surface area contributed by atoms with Crippen LogP contribution in [0.15, 0.2) is 24.3 Å². The van der Waals surface area contributed by atoms with E-state index in [0.717, 1.165) is 24.3 Å². The lowest BCUT2D eigenvalue weighted by Gasteiger charge is -2.29. The van der Waals surface area contributed by atoms with Crippen LogP contribution in [-0.4, -0.2) is 11.1 Å². The molecule has 1 saturated carbocycles. The fourth-order valence-electron chi connectivity index (χ4n) is 3.85. The van der Waals surface area contributed by atoms with Crippen molar-refractivity contribution in [3.05, 3.63) is 35.4 Å². The first kappa shape index (κ1) is 17.1. The van der Waals surface area contributed by atoms with Crippen molar-refractivity contribution in [2.75, 3.05) is 0 Å². The SMILES string of the molecule is CCCCCCCC1CCC(c2ccccc2C(=O)O)CC1. The van der Waals surface area contributed by atoms with Gasteiger partial charge in [0.1, 0.15) is 0 Å². The van der Waals surface area contributed by atoms with Crippen molar-refractivity contribution in [3.63, 3.8) is 0 Å². The lowest BCUT2D eigenvalue weighted by Crippen LogP contribution is -2.15. The quantitative estimate of drug-likeness (QED) is 0.596. The fraction of sp³-hybridized carbons (Fsp3) is 0.650. The maximum absolute atomic E-state index is 11.4. The van der Waals surface area contributed by atoms with Crippen LogP contribution in [0.2, 0.25) is 0 Å². The molecule has 0 aliphatic heterocycles. The molecule has 2 rings (SSSR count). The first-order valence-corrected chi connectivity index (χ1v) is 9.04. The number of aromatic carboxylic acids is 1. The zero-order valence-electron chi connectivity index (χ0n) is 13.9. The van der Waals surface area contributed by atoms with Crippen LogP contribution in [0, 0.1) is 5.92 Å². The number of carboxylic acids is 1. The van der Waals surface area contributed by atoms with Crippen molar-refractivity contribution < 1.29 is 9.90 Å². The Bertz CT molecular complexity index is 459. The number of hydrogen-bond acceptors (Lipinski definition) is 1. The number of benzene rings is 1. The Morgan fingerprint density at radius 1 is 1.05 bits per heavy atom. The minimum absolute atomic E-state index is 0.448. The molecule has 1 fully saturated rings. The third-order valence-corrected chi connectivity index (χ3v) is 5.19. The van der Waals surface area contributed by atoms with Crippen LogP contribution >= 0.6 is 0 Å². The van der Waals surface area contributed by atoms with Crippen molar-refractivity contribution in [1.82, 2.24) is 0 Å². The molecule has 22 heavy (non-hydrogen) atoms. The van der Waals surface area contributed by atoms with Gasteiger partial charge in [-0.1, -0.05) is 63.6 Å². The van der Waals surface area contributed by atoms with Crippen LogP contribution in [0.25, 0.3) is 0 Å². The molecule has 0 unspecified atom stereocenters. The Morgan fingerprint density at radius 3 is 2.41 bits per heavy atom. The van der Waals surface area contributed by atoms with Crippen molar-refractivity contribution in [1.29, 1.82) is 0 Å². The van der Waals surface area contributed by atoms with Gasteiger partial charge in [-0.2, -0.15) is 0 Å². The summed E-state index contributed by atoms with van der Waals surface area (Å²) in [6.07, 6.45) is 13.1. The van der Waals surface area contributed by atoms with E-state index in [-0.39, 0.29) is 0 Å². The van der Waals surface area contributed by atoms with Gasteiger partial charge in [-0.3, -0.25) is 0 Å². The largest absolute Gasteiger partial charge is 0.478 e. The van der Waals surface area contributed by atoms with Crippen LogP contribution in [0.1, 0.15) is 93.0 Å². The van der Waals surface area contributed by atoms with E-state index in [1.807, 2.05) is 18.2 Å². The van der Waals surface area contributed by atoms with Crippen molar-refractivity contribution in [2.24, 2.45) is 5.92 Å². The molecular formula is C20H30O2. The average Bonchev–Trinajstić information content (AvgIpc) is 2.55. The number of carbonyl (C=O) groups is 1. The second-order valence-electron chi connectivity index (χ2n) is 6.81. The summed E-state index contributed by atoms with van der Waals surface area (Å²) in [5, 5.41) is 9.34. The van der Waals surface area contributed by atoms with Gasteiger partial charge < -0.3 is 5.11 Å². The van der Waals surface area contributed by atoms with E-state index in [9.17, 15) is 9.90 Å². The highest BCUT2D eigenvalue weighted by Crippen LogP contribution is 2.38. The Morgan fingerprint density at radius 2 is 1.73 bits per heavy atom. The normalized spacial score (nSPS) is 21.7. The summed E-state index contributed by atoms with van der Waals surface area (Å²) in [4.78, 5) is 11.4. The maximum atomic E-state index is 11.4. The molecule has 0 saturated heterocycles. The van der Waals surface area contributed by atoms with E-state index in [4.69, 9.17) is 0 Å². The van der Waals surface area contributed by atoms with Gasteiger partial charge in [-0.25, -0.2) is 4.79 Å². The smallest absolute Gasteiger partial charge is 0.335 e. The number of carboxylic acid groups (broad SMARTS) is 1. The molecular weight excluding hydrogens is 272 g/mol. The molecule has 0 amide bonds. The first-order chi connectivity index (χ1) is 10.7. The van der Waals surface area contributed by atoms with Crippen LogP contribution in [0.4, 0.5) is 0 Å². The Balaban J connectivity index is 1.79. The third kappa shape index (κ3) is 4.86. The molecule has 0 spiro atoms. The summed E-state index contributed by atoms with van der Waals surface area (Å²) in [5.41, 5.74) is 1.56. The Hall–Kier alpha value is -1.31. The predicted molar refractivity (Wildman–Crippen MR) is 91.5 cm³/mol. The topological polar surface area (TPSA) is 37.3 Å². The molecule has 0 aromatic heterocycles. The molecule has 1 N–H and O–H groups in total. The molecule has 2 nitrogen and oxygen atoms in total. The highest BCUT2D eigenvalue weighted by molar-refractivity contribution is 5.89. The summed E-state index contributed by atoms with van der Waals surface area (Å²) in [6, 6.07) is 7.56. The second-order valence-corrected chi connectivity index (χ2v) is 6.81. The van der Waals surface area contributed by atoms with Gasteiger partial charge in [-0.05, 0) is 49.1 Å². The predicted octanol–water partition coefficient (Wildman–Crippen LogP) is 6.02. The molecule has 0 heterocycles. The van der Waals surface area contributed by atoms with Crippen molar-refractivity contribution >= 4 is 5.97 Å². The third-order valence-electron chi connectivity index (χ3n) is 5.19. The molecule has 122 valence electrons. The molecule has 2 heteroatoms. The summed E-state index contributed by atoms with van der Waals surface area (Å²) in [7, 11) is 0. The van der Waals surface area contributed by atoms with Gasteiger partial charge in [0.2, 0.25) is 0 Å². The van der Waals surface area contributed by atoms with E-state index in [0.29, 0.717) is 11.5 Å². The molecule has 1 aliphatic carbocycles. The Kier molecular flexibility index (Phi) is 6.95. The second kappa shape index (κ2) is 8.97. The van der Waals surface area contributed by atoms with Gasteiger partial charge in [-0.15, -0.1) is 0 Å². The van der Waals surface area contributed by atoms with Crippen LogP contribution in [0.5, 0.6) is 0 Å². The zero-order chi connectivity index (χ0) is 15.8. The summed E-state index contributed by atoms with van der Waals surface area (Å²) >= 11 is 0.